The van der Waals surface area contributed by atoms with Crippen molar-refractivity contribution in [1.29, 1.82) is 0 Å². The molecule has 3 heteroatoms. The van der Waals surface area contributed by atoms with E-state index in [-0.39, 0.29) is 5.92 Å². The third-order valence-electron chi connectivity index (χ3n) is 1.77. The monoisotopic (exact) mass is 169 g/mol. The predicted octanol–water partition coefficient (Wildman–Crippen LogP) is 1.52. The van der Waals surface area contributed by atoms with Gasteiger partial charge in [0.2, 0.25) is 0 Å². The molecule has 1 atom stereocenters. The summed E-state index contributed by atoms with van der Waals surface area (Å²) in [6.07, 6.45) is -0.759. The Bertz CT molecular complexity index is 222. The van der Waals surface area contributed by atoms with Gasteiger partial charge in [-0.3, -0.25) is 0 Å². The highest BCUT2D eigenvalue weighted by molar-refractivity contribution is 5.65. The Morgan fingerprint density at radius 3 is 2.42 bits per heavy atom. The lowest BCUT2D eigenvalue weighted by atomic mass is 9.93. The summed E-state index contributed by atoms with van der Waals surface area (Å²) in [7, 11) is 0. The average molecular weight is 169 g/mol. The standard InChI is InChI=1S/C9H15NO2/c1-5-6-7(2)9(3,4)12-8(10)11/h7H,1-4H3,(H2,10,11). The molecule has 0 aliphatic heterocycles. The Morgan fingerprint density at radius 1 is 1.58 bits per heavy atom. The average Bonchev–Trinajstić information content (AvgIpc) is 1.85. The summed E-state index contributed by atoms with van der Waals surface area (Å²) in [6.45, 7) is 7.20. The number of hydrogen-bond acceptors (Lipinski definition) is 2. The number of nitrogens with two attached hydrogens (primary N) is 1. The molecule has 0 radical (unpaired) electrons. The molecule has 2 N–H and O–H groups in total. The molecular formula is C9H15NO2. The van der Waals surface area contributed by atoms with Gasteiger partial charge >= 0.3 is 6.09 Å². The highest BCUT2D eigenvalue weighted by atomic mass is 16.6. The quantitative estimate of drug-likeness (QED) is 0.637. The largest absolute Gasteiger partial charge is 0.442 e. The summed E-state index contributed by atoms with van der Waals surface area (Å²) in [5, 5.41) is 0. The minimum atomic E-state index is -0.759. The molecule has 1 amide bonds. The van der Waals surface area contributed by atoms with E-state index in [1.165, 1.54) is 0 Å². The summed E-state index contributed by atoms with van der Waals surface area (Å²) in [5.74, 6) is 5.65. The molecule has 0 heterocycles. The second-order valence-electron chi connectivity index (χ2n) is 3.14. The van der Waals surface area contributed by atoms with E-state index >= 15 is 0 Å². The van der Waals surface area contributed by atoms with Gasteiger partial charge in [0.25, 0.3) is 0 Å². The van der Waals surface area contributed by atoms with E-state index in [1.54, 1.807) is 20.8 Å². The molecule has 12 heavy (non-hydrogen) atoms. The van der Waals surface area contributed by atoms with Crippen molar-refractivity contribution in [2.75, 3.05) is 0 Å². The lowest BCUT2D eigenvalue weighted by Crippen LogP contribution is -2.36. The maximum Gasteiger partial charge on any atom is 0.405 e. The van der Waals surface area contributed by atoms with E-state index in [2.05, 4.69) is 11.8 Å². The predicted molar refractivity (Wildman–Crippen MR) is 47.4 cm³/mol. The Morgan fingerprint density at radius 2 is 2.08 bits per heavy atom. The number of primary amides is 1. The highest BCUT2D eigenvalue weighted by Gasteiger charge is 2.27. The fraction of sp³-hybridized carbons (Fsp3) is 0.667. The zero-order valence-corrected chi connectivity index (χ0v) is 7.97. The molecule has 0 saturated carbocycles. The van der Waals surface area contributed by atoms with Gasteiger partial charge in [-0.15, -0.1) is 5.92 Å². The molecule has 0 aliphatic carbocycles. The topological polar surface area (TPSA) is 52.3 Å². The van der Waals surface area contributed by atoms with Crippen LogP contribution < -0.4 is 5.73 Å². The number of carbonyl (C=O) groups is 1. The SMILES string of the molecule is CC#CC(C)C(C)(C)OC(N)=O. The molecule has 0 aliphatic rings. The Kier molecular flexibility index (Phi) is 3.62. The third kappa shape index (κ3) is 3.29. The second kappa shape index (κ2) is 4.01. The van der Waals surface area contributed by atoms with Crippen LogP contribution in [0.2, 0.25) is 0 Å². The number of carbonyl (C=O) groups excluding carboxylic acids is 1. The van der Waals surface area contributed by atoms with E-state index in [9.17, 15) is 4.79 Å². The first-order chi connectivity index (χ1) is 5.40. The molecule has 0 rings (SSSR count). The lowest BCUT2D eigenvalue weighted by Gasteiger charge is -2.27. The molecule has 68 valence electrons. The fourth-order valence-electron chi connectivity index (χ4n) is 0.738. The molecule has 3 nitrogen and oxygen atoms in total. The van der Waals surface area contributed by atoms with Gasteiger partial charge in [-0.25, -0.2) is 4.79 Å². The minimum Gasteiger partial charge on any atom is -0.442 e. The fourth-order valence-corrected chi connectivity index (χ4v) is 0.738. The van der Waals surface area contributed by atoms with Crippen LogP contribution in [-0.4, -0.2) is 11.7 Å². The van der Waals surface area contributed by atoms with Crippen LogP contribution in [0.1, 0.15) is 27.7 Å². The van der Waals surface area contributed by atoms with Gasteiger partial charge in [0.1, 0.15) is 5.60 Å². The molecule has 0 bridgehead atoms. The van der Waals surface area contributed by atoms with Crippen LogP contribution in [0.3, 0.4) is 0 Å². The first kappa shape index (κ1) is 10.8. The van der Waals surface area contributed by atoms with Crippen molar-refractivity contribution in [3.8, 4) is 11.8 Å². The minimum absolute atomic E-state index is 0.0185. The first-order valence-electron chi connectivity index (χ1n) is 3.81. The van der Waals surface area contributed by atoms with Gasteiger partial charge in [-0.2, -0.15) is 0 Å². The van der Waals surface area contributed by atoms with Gasteiger partial charge in [0.15, 0.2) is 0 Å². The van der Waals surface area contributed by atoms with Crippen LogP contribution in [0.5, 0.6) is 0 Å². The van der Waals surface area contributed by atoms with Crippen molar-refractivity contribution >= 4 is 6.09 Å². The molecule has 1 unspecified atom stereocenters. The summed E-state index contributed by atoms with van der Waals surface area (Å²) in [5.41, 5.74) is 4.29. The van der Waals surface area contributed by atoms with Crippen LogP contribution in [0.4, 0.5) is 4.79 Å². The van der Waals surface area contributed by atoms with Crippen molar-refractivity contribution < 1.29 is 9.53 Å². The second-order valence-corrected chi connectivity index (χ2v) is 3.14. The Hall–Kier alpha value is -1.17. The van der Waals surface area contributed by atoms with Crippen molar-refractivity contribution in [2.24, 2.45) is 11.7 Å². The van der Waals surface area contributed by atoms with Crippen molar-refractivity contribution in [2.45, 2.75) is 33.3 Å². The van der Waals surface area contributed by atoms with E-state index in [0.717, 1.165) is 0 Å². The molecule has 0 aromatic rings. The smallest absolute Gasteiger partial charge is 0.405 e. The number of ether oxygens (including phenoxy) is 1. The molecule has 0 fully saturated rings. The maximum absolute atomic E-state index is 10.5. The Balaban J connectivity index is 4.34. The van der Waals surface area contributed by atoms with Gasteiger partial charge in [-0.1, -0.05) is 5.92 Å². The highest BCUT2D eigenvalue weighted by Crippen LogP contribution is 2.19. The lowest BCUT2D eigenvalue weighted by molar-refractivity contribution is 0.0219. The van der Waals surface area contributed by atoms with E-state index < -0.39 is 11.7 Å². The van der Waals surface area contributed by atoms with Crippen LogP contribution in [0.25, 0.3) is 0 Å². The summed E-state index contributed by atoms with van der Waals surface area (Å²) in [6, 6.07) is 0. The molecule has 0 spiro atoms. The summed E-state index contributed by atoms with van der Waals surface area (Å²) < 4.78 is 4.89. The van der Waals surface area contributed by atoms with Crippen LogP contribution in [0, 0.1) is 17.8 Å². The normalized spacial score (nSPS) is 12.7. The first-order valence-corrected chi connectivity index (χ1v) is 3.81. The van der Waals surface area contributed by atoms with Gasteiger partial charge in [0, 0.05) is 0 Å². The van der Waals surface area contributed by atoms with Gasteiger partial charge in [0.05, 0.1) is 5.92 Å². The summed E-state index contributed by atoms with van der Waals surface area (Å²) >= 11 is 0. The number of amides is 1. The van der Waals surface area contributed by atoms with Crippen LogP contribution >= 0.6 is 0 Å². The maximum atomic E-state index is 10.5. The molecule has 0 saturated heterocycles. The van der Waals surface area contributed by atoms with Gasteiger partial charge < -0.3 is 10.5 Å². The van der Waals surface area contributed by atoms with E-state index in [4.69, 9.17) is 10.5 Å². The zero-order valence-electron chi connectivity index (χ0n) is 7.97. The van der Waals surface area contributed by atoms with E-state index in [0.29, 0.717) is 0 Å². The van der Waals surface area contributed by atoms with Crippen LogP contribution in [0.15, 0.2) is 0 Å². The zero-order chi connectivity index (χ0) is 9.78. The van der Waals surface area contributed by atoms with Crippen molar-refractivity contribution in [1.82, 2.24) is 0 Å². The number of hydrogen-bond donors (Lipinski definition) is 1. The number of rotatable bonds is 2. The third-order valence-corrected chi connectivity index (χ3v) is 1.77. The molecule has 0 aromatic heterocycles. The van der Waals surface area contributed by atoms with Crippen molar-refractivity contribution in [3.05, 3.63) is 0 Å². The van der Waals surface area contributed by atoms with E-state index in [1.807, 2.05) is 6.92 Å². The molecule has 0 aromatic carbocycles. The Labute approximate surface area is 73.3 Å². The summed E-state index contributed by atoms with van der Waals surface area (Å²) in [4.78, 5) is 10.5. The van der Waals surface area contributed by atoms with Gasteiger partial charge in [-0.05, 0) is 27.7 Å². The van der Waals surface area contributed by atoms with Crippen molar-refractivity contribution in [3.63, 3.8) is 0 Å². The molecular weight excluding hydrogens is 154 g/mol. The van der Waals surface area contributed by atoms with Crippen LogP contribution in [-0.2, 0) is 4.74 Å².